The first-order valence-electron chi connectivity index (χ1n) is 4.72. The molecule has 0 bridgehead atoms. The van der Waals surface area contributed by atoms with Crippen molar-refractivity contribution in [3.8, 4) is 0 Å². The van der Waals surface area contributed by atoms with E-state index in [9.17, 15) is 9.59 Å². The Labute approximate surface area is 77.4 Å². The van der Waals surface area contributed by atoms with Crippen LogP contribution in [0.2, 0.25) is 0 Å². The standard InChI is InChI=1S/C10H13NO2/c1-2-3-6-11-9(12)7-4-5-8(7)10(11)13/h2,7-8H,1,3-6H2. The summed E-state index contributed by atoms with van der Waals surface area (Å²) < 4.78 is 0. The van der Waals surface area contributed by atoms with E-state index in [1.165, 1.54) is 4.90 Å². The van der Waals surface area contributed by atoms with Gasteiger partial charge in [0.2, 0.25) is 11.8 Å². The van der Waals surface area contributed by atoms with Gasteiger partial charge in [-0.1, -0.05) is 6.08 Å². The Balaban J connectivity index is 2.06. The molecule has 1 aliphatic heterocycles. The highest BCUT2D eigenvalue weighted by atomic mass is 16.2. The molecule has 0 aromatic rings. The number of likely N-dealkylation sites (tertiary alicyclic amines) is 1. The number of imide groups is 1. The van der Waals surface area contributed by atoms with Crippen LogP contribution in [-0.4, -0.2) is 23.3 Å². The zero-order valence-corrected chi connectivity index (χ0v) is 7.53. The van der Waals surface area contributed by atoms with Crippen LogP contribution >= 0.6 is 0 Å². The summed E-state index contributed by atoms with van der Waals surface area (Å²) in [5.41, 5.74) is 0. The zero-order chi connectivity index (χ0) is 9.42. The summed E-state index contributed by atoms with van der Waals surface area (Å²) in [6.45, 7) is 4.10. The van der Waals surface area contributed by atoms with Gasteiger partial charge in [-0.05, 0) is 19.3 Å². The van der Waals surface area contributed by atoms with E-state index < -0.39 is 0 Å². The van der Waals surface area contributed by atoms with E-state index >= 15 is 0 Å². The van der Waals surface area contributed by atoms with E-state index in [-0.39, 0.29) is 23.7 Å². The summed E-state index contributed by atoms with van der Waals surface area (Å²) in [6, 6.07) is 0. The van der Waals surface area contributed by atoms with Crippen molar-refractivity contribution in [2.24, 2.45) is 11.8 Å². The molecule has 0 N–H and O–H groups in total. The monoisotopic (exact) mass is 179 g/mol. The molecule has 2 unspecified atom stereocenters. The Kier molecular flexibility index (Phi) is 1.94. The lowest BCUT2D eigenvalue weighted by Gasteiger charge is -2.24. The van der Waals surface area contributed by atoms with Crippen molar-refractivity contribution >= 4 is 11.8 Å². The molecule has 3 heteroatoms. The highest BCUT2D eigenvalue weighted by molar-refractivity contribution is 6.06. The fourth-order valence-electron chi connectivity index (χ4n) is 2.04. The minimum atomic E-state index is 0.0253. The Hall–Kier alpha value is -1.12. The number of amides is 2. The fourth-order valence-corrected chi connectivity index (χ4v) is 2.04. The van der Waals surface area contributed by atoms with Crippen molar-refractivity contribution in [3.05, 3.63) is 12.7 Å². The van der Waals surface area contributed by atoms with E-state index in [0.29, 0.717) is 13.0 Å². The first-order chi connectivity index (χ1) is 6.25. The number of hydrogen-bond donors (Lipinski definition) is 0. The van der Waals surface area contributed by atoms with Gasteiger partial charge < -0.3 is 0 Å². The van der Waals surface area contributed by atoms with Crippen LogP contribution in [0.1, 0.15) is 19.3 Å². The molecule has 1 heterocycles. The predicted octanol–water partition coefficient (Wildman–Crippen LogP) is 0.958. The molecule has 0 aromatic heterocycles. The maximum Gasteiger partial charge on any atom is 0.233 e. The maximum absolute atomic E-state index is 11.6. The van der Waals surface area contributed by atoms with Gasteiger partial charge in [0, 0.05) is 6.54 Å². The quantitative estimate of drug-likeness (QED) is 0.478. The zero-order valence-electron chi connectivity index (χ0n) is 7.53. The molecule has 2 aliphatic rings. The van der Waals surface area contributed by atoms with Gasteiger partial charge in [0.25, 0.3) is 0 Å². The first-order valence-corrected chi connectivity index (χ1v) is 4.72. The van der Waals surface area contributed by atoms with Crippen LogP contribution < -0.4 is 0 Å². The molecule has 2 atom stereocenters. The predicted molar refractivity (Wildman–Crippen MR) is 47.7 cm³/mol. The van der Waals surface area contributed by atoms with Gasteiger partial charge in [-0.3, -0.25) is 14.5 Å². The summed E-state index contributed by atoms with van der Waals surface area (Å²) in [7, 11) is 0. The van der Waals surface area contributed by atoms with Gasteiger partial charge in [0.05, 0.1) is 11.8 Å². The highest BCUT2D eigenvalue weighted by Gasteiger charge is 2.52. The van der Waals surface area contributed by atoms with E-state index in [0.717, 1.165) is 12.8 Å². The molecule has 1 saturated heterocycles. The summed E-state index contributed by atoms with van der Waals surface area (Å²) in [6.07, 6.45) is 4.25. The van der Waals surface area contributed by atoms with Crippen LogP contribution in [-0.2, 0) is 9.59 Å². The summed E-state index contributed by atoms with van der Waals surface area (Å²) >= 11 is 0. The van der Waals surface area contributed by atoms with Crippen LogP contribution in [0.25, 0.3) is 0 Å². The highest BCUT2D eigenvalue weighted by Crippen LogP contribution is 2.42. The van der Waals surface area contributed by atoms with Gasteiger partial charge in [-0.2, -0.15) is 0 Å². The van der Waals surface area contributed by atoms with Crippen molar-refractivity contribution in [3.63, 3.8) is 0 Å². The first kappa shape index (κ1) is 8.48. The minimum Gasteiger partial charge on any atom is -0.282 e. The van der Waals surface area contributed by atoms with Crippen LogP contribution in [0.3, 0.4) is 0 Å². The average Bonchev–Trinajstić information content (AvgIpc) is 2.16. The third kappa shape index (κ3) is 1.10. The van der Waals surface area contributed by atoms with Crippen molar-refractivity contribution in [2.75, 3.05) is 6.54 Å². The molecule has 13 heavy (non-hydrogen) atoms. The second-order valence-electron chi connectivity index (χ2n) is 3.70. The fraction of sp³-hybridized carbons (Fsp3) is 0.600. The Bertz CT molecular complexity index is 250. The van der Waals surface area contributed by atoms with Gasteiger partial charge in [-0.25, -0.2) is 0 Å². The number of rotatable bonds is 3. The summed E-state index contributed by atoms with van der Waals surface area (Å²) in [5, 5.41) is 0. The molecular weight excluding hydrogens is 166 g/mol. The number of carbonyl (C=O) groups is 2. The lowest BCUT2D eigenvalue weighted by atomic mass is 9.76. The molecule has 0 radical (unpaired) electrons. The smallest absolute Gasteiger partial charge is 0.233 e. The molecule has 2 rings (SSSR count). The van der Waals surface area contributed by atoms with Crippen molar-refractivity contribution in [2.45, 2.75) is 19.3 Å². The number of nitrogens with zero attached hydrogens (tertiary/aromatic N) is 1. The van der Waals surface area contributed by atoms with E-state index in [2.05, 4.69) is 6.58 Å². The number of fused-ring (bicyclic) bond motifs is 1. The normalized spacial score (nSPS) is 31.5. The third-order valence-corrected chi connectivity index (χ3v) is 3.00. The van der Waals surface area contributed by atoms with Crippen molar-refractivity contribution < 1.29 is 9.59 Å². The third-order valence-electron chi connectivity index (χ3n) is 3.00. The molecule has 1 saturated carbocycles. The molecule has 0 aromatic carbocycles. The topological polar surface area (TPSA) is 37.4 Å². The van der Waals surface area contributed by atoms with Crippen LogP contribution in [0.15, 0.2) is 12.7 Å². The van der Waals surface area contributed by atoms with Crippen molar-refractivity contribution in [1.82, 2.24) is 4.90 Å². The van der Waals surface area contributed by atoms with Gasteiger partial charge in [-0.15, -0.1) is 6.58 Å². The number of carbonyl (C=O) groups excluding carboxylic acids is 2. The van der Waals surface area contributed by atoms with E-state index in [4.69, 9.17) is 0 Å². The molecular formula is C10H13NO2. The molecule has 70 valence electrons. The van der Waals surface area contributed by atoms with Crippen LogP contribution in [0.4, 0.5) is 0 Å². The largest absolute Gasteiger partial charge is 0.282 e. The van der Waals surface area contributed by atoms with Gasteiger partial charge in [0.15, 0.2) is 0 Å². The van der Waals surface area contributed by atoms with Crippen molar-refractivity contribution in [1.29, 1.82) is 0 Å². The van der Waals surface area contributed by atoms with E-state index in [1.807, 2.05) is 0 Å². The molecule has 3 nitrogen and oxygen atoms in total. The van der Waals surface area contributed by atoms with E-state index in [1.54, 1.807) is 6.08 Å². The van der Waals surface area contributed by atoms with Gasteiger partial charge >= 0.3 is 0 Å². The molecule has 2 amide bonds. The molecule has 1 aliphatic carbocycles. The van der Waals surface area contributed by atoms with Crippen LogP contribution in [0, 0.1) is 11.8 Å². The molecule has 0 spiro atoms. The Morgan fingerprint density at radius 3 is 2.23 bits per heavy atom. The average molecular weight is 179 g/mol. The summed E-state index contributed by atoms with van der Waals surface area (Å²) in [4.78, 5) is 24.5. The SMILES string of the molecule is C=CCCN1C(=O)C2CCC2C1=O. The second-order valence-corrected chi connectivity index (χ2v) is 3.70. The Morgan fingerprint density at radius 1 is 1.31 bits per heavy atom. The van der Waals surface area contributed by atoms with Crippen LogP contribution in [0.5, 0.6) is 0 Å². The second kappa shape index (κ2) is 2.98. The number of hydrogen-bond acceptors (Lipinski definition) is 2. The lowest BCUT2D eigenvalue weighted by Crippen LogP contribution is -2.31. The maximum atomic E-state index is 11.6. The Morgan fingerprint density at radius 2 is 1.85 bits per heavy atom. The molecule has 2 fully saturated rings. The minimum absolute atomic E-state index is 0.0253. The van der Waals surface area contributed by atoms with Gasteiger partial charge in [0.1, 0.15) is 0 Å². The summed E-state index contributed by atoms with van der Waals surface area (Å²) in [5.74, 6) is 0.140. The lowest BCUT2D eigenvalue weighted by molar-refractivity contribution is -0.139.